The van der Waals surface area contributed by atoms with Crippen LogP contribution in [0.15, 0.2) is 41.2 Å². The summed E-state index contributed by atoms with van der Waals surface area (Å²) in [5.74, 6) is -4.88. The summed E-state index contributed by atoms with van der Waals surface area (Å²) in [7, 11) is 0. The standard InChI is InChI=1S/C73H100FN15O17/c1-9-73(100)48-28-54-63-46(32-88(54)67(96)47(48)34-105-68(73)97)61-50(22-21-45-42(4)49(74)29-52(83-63)60(45)61)82-59(93)35-102-40-80-57(91)31-78-70(99)106-33-43-17-19-44(20-18-43)81-65(94)51(14-13-24-77-69(76)98)84-66(95)62(41(2)3)85-56(90)30-71(5,6)38-103-39-72(7,8)37-79-58(92)36-104-55-16-12-10-11-15-53-64(55)86-87-89(53)25-27-101-26-23-75/h17-20,28-29,41,50-51,55,62,100H,9-16,21-27,30-40,75H2,1-8H3,(H,78,99)(H,79,92)(H,80,91)(H,81,94)(H,82,93)(H,84,95)(H,85,90)(H3,76,77,98)/t50-,51-,55?,62-,73-/m0/s1. The molecule has 3 aromatic heterocycles. The van der Waals surface area contributed by atoms with E-state index < -0.39 is 119 Å². The Morgan fingerprint density at radius 2 is 1.60 bits per heavy atom. The van der Waals surface area contributed by atoms with Crippen molar-refractivity contribution in [3.8, 4) is 11.4 Å². The van der Waals surface area contributed by atoms with Crippen molar-refractivity contribution in [2.75, 3.05) is 77.9 Å². The smallest absolute Gasteiger partial charge is 0.407 e. The lowest BCUT2D eigenvalue weighted by Crippen LogP contribution is -2.55. The van der Waals surface area contributed by atoms with Gasteiger partial charge in [-0.25, -0.2) is 28.4 Å². The summed E-state index contributed by atoms with van der Waals surface area (Å²) in [6.45, 7) is 15.1. The first-order chi connectivity index (χ1) is 50.5. The minimum atomic E-state index is -2.06. The highest BCUT2D eigenvalue weighted by atomic mass is 19.1. The maximum atomic E-state index is 15.4. The highest BCUT2D eigenvalue weighted by molar-refractivity contribution is 5.99. The molecule has 9 amide bonds. The number of ether oxygens (including phenoxy) is 6. The van der Waals surface area contributed by atoms with Crippen LogP contribution in [0.5, 0.6) is 0 Å². The number of nitrogens with two attached hydrogens (primary N) is 2. The molecule has 2 aliphatic carbocycles. The van der Waals surface area contributed by atoms with E-state index in [1.54, 1.807) is 58.0 Å². The number of esters is 1. The fourth-order valence-corrected chi connectivity index (χ4v) is 13.5. The number of primary amides is 1. The Bertz CT molecular complexity index is 4120. The first-order valence-corrected chi connectivity index (χ1v) is 36.0. The van der Waals surface area contributed by atoms with Gasteiger partial charge in [-0.05, 0) is 110 Å². The number of hydrogen-bond acceptors (Lipinski definition) is 21. The van der Waals surface area contributed by atoms with Crippen molar-refractivity contribution in [2.45, 2.75) is 182 Å². The molecular weight excluding hydrogens is 1380 g/mol. The third-order valence-electron chi connectivity index (χ3n) is 19.2. The molecular formula is C73H100FN15O17. The number of benzene rings is 2. The summed E-state index contributed by atoms with van der Waals surface area (Å²) in [5, 5.41) is 42.5. The summed E-state index contributed by atoms with van der Waals surface area (Å²) < 4.78 is 52.6. The van der Waals surface area contributed by atoms with Crippen LogP contribution in [-0.2, 0) is 107 Å². The number of rotatable bonds is 36. The van der Waals surface area contributed by atoms with Crippen LogP contribution in [-0.4, -0.2) is 168 Å². The molecule has 4 aliphatic rings. The van der Waals surface area contributed by atoms with Gasteiger partial charge in [0, 0.05) is 59.7 Å². The SMILES string of the molecule is CC[C@@]1(O)C(=O)OCc2c1cc1n(c2=O)Cc2c-1nc1cc(F)c(C)c3c1c2[C@@H](NC(=O)COCNC(=O)CNC(=O)OCc1ccc(NC(=O)[C@H](CCCNC(N)=O)NC(=O)[C@@H](NC(=O)CC(C)(C)COCC(C)(C)CNC(=O)COC2CCCCCc4c2nnn4CCOCCN)C(C)C)cc1)CC3. The molecule has 1 unspecified atom stereocenters. The number of halogens is 1. The second-order valence-electron chi connectivity index (χ2n) is 29.2. The van der Waals surface area contributed by atoms with Crippen LogP contribution in [0.3, 0.4) is 0 Å². The maximum Gasteiger partial charge on any atom is 0.407 e. The number of urea groups is 1. The number of aromatic nitrogens is 5. The van der Waals surface area contributed by atoms with Crippen LogP contribution in [0.2, 0.25) is 0 Å². The van der Waals surface area contributed by atoms with Crippen LogP contribution < -0.4 is 59.6 Å². The average Bonchev–Trinajstić information content (AvgIpc) is 1.41. The quantitative estimate of drug-likeness (QED) is 0.0152. The van der Waals surface area contributed by atoms with Crippen LogP contribution >= 0.6 is 0 Å². The molecule has 2 aromatic carbocycles. The number of nitrogens with zero attached hydrogens (tertiary/aromatic N) is 5. The molecule has 0 bridgehead atoms. The Kier molecular flexibility index (Phi) is 27.5. The van der Waals surface area contributed by atoms with Crippen LogP contribution in [0.1, 0.15) is 169 Å². The fourth-order valence-electron chi connectivity index (χ4n) is 13.5. The van der Waals surface area contributed by atoms with Crippen LogP contribution in [0.25, 0.3) is 22.3 Å². The Labute approximate surface area is 613 Å². The molecule has 33 heteroatoms. The number of hydrogen-bond donors (Lipinski definition) is 11. The number of anilines is 1. The van der Waals surface area contributed by atoms with Gasteiger partial charge in [-0.3, -0.25) is 33.6 Å². The summed E-state index contributed by atoms with van der Waals surface area (Å²) in [4.78, 5) is 137. The van der Waals surface area contributed by atoms with Crippen molar-refractivity contribution < 1.29 is 81.1 Å². The molecule has 5 aromatic rings. The van der Waals surface area contributed by atoms with E-state index in [9.17, 15) is 53.1 Å². The fraction of sp³-hybridized carbons (Fsp3) is 0.575. The third kappa shape index (κ3) is 20.5. The molecule has 0 saturated carbocycles. The normalized spacial score (nSPS) is 17.2. The van der Waals surface area contributed by atoms with Crippen molar-refractivity contribution in [1.29, 1.82) is 0 Å². The lowest BCUT2D eigenvalue weighted by atomic mass is 9.81. The van der Waals surface area contributed by atoms with Gasteiger partial charge in [0.05, 0.1) is 73.7 Å². The molecule has 576 valence electrons. The van der Waals surface area contributed by atoms with Crippen LogP contribution in [0.4, 0.5) is 19.7 Å². The molecule has 0 spiro atoms. The zero-order valence-electron chi connectivity index (χ0n) is 61.5. The summed E-state index contributed by atoms with van der Waals surface area (Å²) >= 11 is 0. The number of fused-ring (bicyclic) bond motifs is 6. The summed E-state index contributed by atoms with van der Waals surface area (Å²) in [5.41, 5.74) is 13.4. The minimum absolute atomic E-state index is 0.0128. The van der Waals surface area contributed by atoms with Gasteiger partial charge in [0.25, 0.3) is 5.56 Å². The van der Waals surface area contributed by atoms with Crippen molar-refractivity contribution in [1.82, 2.24) is 61.8 Å². The Hall–Kier alpha value is -9.54. The first-order valence-electron chi connectivity index (χ1n) is 36.0. The zero-order valence-corrected chi connectivity index (χ0v) is 61.5. The van der Waals surface area contributed by atoms with Gasteiger partial charge >= 0.3 is 18.1 Å². The van der Waals surface area contributed by atoms with E-state index >= 15 is 4.39 Å². The van der Waals surface area contributed by atoms with Crippen molar-refractivity contribution in [2.24, 2.45) is 28.2 Å². The molecule has 9 rings (SSSR count). The van der Waals surface area contributed by atoms with Crippen LogP contribution in [0, 0.1) is 29.5 Å². The number of amides is 9. The van der Waals surface area contributed by atoms with Gasteiger partial charge in [0.15, 0.2) is 5.60 Å². The van der Waals surface area contributed by atoms with E-state index in [2.05, 4.69) is 52.8 Å². The van der Waals surface area contributed by atoms with E-state index in [4.69, 9.17) is 44.9 Å². The minimum Gasteiger partial charge on any atom is -0.458 e. The molecule has 2 aliphatic heterocycles. The second-order valence-corrected chi connectivity index (χ2v) is 29.2. The number of carbonyl (C=O) groups is 9. The van der Waals surface area contributed by atoms with E-state index in [1.807, 2.05) is 32.4 Å². The molecule has 0 radical (unpaired) electrons. The van der Waals surface area contributed by atoms with Gasteiger partial charge in [-0.15, -0.1) is 5.10 Å². The highest BCUT2D eigenvalue weighted by Gasteiger charge is 2.46. The third-order valence-corrected chi connectivity index (χ3v) is 19.2. The Morgan fingerprint density at radius 3 is 2.34 bits per heavy atom. The number of alkyl carbamates (subject to hydrolysis) is 1. The largest absolute Gasteiger partial charge is 0.458 e. The van der Waals surface area contributed by atoms with Gasteiger partial charge in [-0.1, -0.05) is 78.7 Å². The van der Waals surface area contributed by atoms with Gasteiger partial charge in [0.1, 0.15) is 69.4 Å². The lowest BCUT2D eigenvalue weighted by molar-refractivity contribution is -0.172. The van der Waals surface area contributed by atoms with Crippen molar-refractivity contribution >= 4 is 70.1 Å². The number of cyclic esters (lactones) is 1. The van der Waals surface area contributed by atoms with E-state index in [0.717, 1.165) is 49.1 Å². The molecule has 5 atom stereocenters. The predicted octanol–water partition coefficient (Wildman–Crippen LogP) is 3.68. The summed E-state index contributed by atoms with van der Waals surface area (Å²) in [6, 6.07) is 5.56. The maximum absolute atomic E-state index is 15.4. The van der Waals surface area contributed by atoms with Gasteiger partial charge in [0.2, 0.25) is 35.4 Å². The molecule has 0 fully saturated rings. The summed E-state index contributed by atoms with van der Waals surface area (Å²) in [6.07, 6.45) is 4.20. The lowest BCUT2D eigenvalue weighted by Gasteiger charge is -2.31. The molecule has 5 heterocycles. The topological polar surface area (TPSA) is 443 Å². The Balaban J connectivity index is 0.684. The average molecular weight is 1480 g/mol. The van der Waals surface area contributed by atoms with Crippen molar-refractivity contribution in [3.63, 3.8) is 0 Å². The molecule has 106 heavy (non-hydrogen) atoms. The van der Waals surface area contributed by atoms with Gasteiger partial charge < -0.3 is 92.1 Å². The molecule has 0 saturated heterocycles. The second kappa shape index (κ2) is 36.2. The first kappa shape index (κ1) is 80.6. The molecule has 13 N–H and O–H groups in total. The number of nitrogens with one attached hydrogen (secondary N) is 8. The number of pyridine rings is 2. The predicted molar refractivity (Wildman–Crippen MR) is 383 cm³/mol. The van der Waals surface area contributed by atoms with Crippen molar-refractivity contribution in [3.05, 3.63) is 103 Å². The number of aryl methyl sites for hydroxylation is 1. The van der Waals surface area contributed by atoms with Gasteiger partial charge in [-0.2, -0.15) is 0 Å². The van der Waals surface area contributed by atoms with E-state index in [0.29, 0.717) is 95.9 Å². The molecule has 32 nitrogen and oxygen atoms in total. The monoisotopic (exact) mass is 1480 g/mol. The van der Waals surface area contributed by atoms with E-state index in [1.165, 1.54) is 10.6 Å². The highest BCUT2D eigenvalue weighted by Crippen LogP contribution is 2.46. The zero-order chi connectivity index (χ0) is 76.6. The number of carbonyl (C=O) groups excluding carboxylic acids is 9. The van der Waals surface area contributed by atoms with E-state index in [-0.39, 0.29) is 94.9 Å². The number of aliphatic hydroxyl groups is 1. The Morgan fingerprint density at radius 1 is 0.840 bits per heavy atom.